The smallest absolute Gasteiger partial charge is 0.234 e. The molecule has 0 spiro atoms. The van der Waals surface area contributed by atoms with Crippen molar-refractivity contribution in [2.24, 2.45) is 0 Å². The van der Waals surface area contributed by atoms with E-state index in [0.717, 1.165) is 25.8 Å². The largest absolute Gasteiger partial charge is 0.313 e. The van der Waals surface area contributed by atoms with Gasteiger partial charge in [0.1, 0.15) is 0 Å². The van der Waals surface area contributed by atoms with Gasteiger partial charge in [-0.1, -0.05) is 6.42 Å². The minimum Gasteiger partial charge on any atom is -0.313 e. The molecular formula is C11H16BrN3O2S. The first-order chi connectivity index (χ1) is 8.57. The van der Waals surface area contributed by atoms with Gasteiger partial charge in [0.25, 0.3) is 0 Å². The Bertz CT molecular complexity index is 501. The van der Waals surface area contributed by atoms with E-state index in [4.69, 9.17) is 0 Å². The van der Waals surface area contributed by atoms with E-state index in [1.165, 1.54) is 0 Å². The van der Waals surface area contributed by atoms with E-state index >= 15 is 0 Å². The molecule has 0 bridgehead atoms. The van der Waals surface area contributed by atoms with Crippen LogP contribution in [0.15, 0.2) is 22.9 Å². The van der Waals surface area contributed by atoms with Crippen LogP contribution in [0, 0.1) is 0 Å². The molecule has 100 valence electrons. The lowest BCUT2D eigenvalue weighted by Gasteiger charge is -2.23. The van der Waals surface area contributed by atoms with Crippen molar-refractivity contribution in [1.29, 1.82) is 0 Å². The van der Waals surface area contributed by atoms with Gasteiger partial charge in [-0.3, -0.25) is 9.71 Å². The van der Waals surface area contributed by atoms with E-state index in [1.54, 1.807) is 18.5 Å². The molecule has 1 saturated heterocycles. The van der Waals surface area contributed by atoms with Gasteiger partial charge in [-0.25, -0.2) is 8.42 Å². The lowest BCUT2D eigenvalue weighted by atomic mass is 10.1. The molecule has 1 aliphatic heterocycles. The van der Waals surface area contributed by atoms with Gasteiger partial charge in [-0.2, -0.15) is 0 Å². The summed E-state index contributed by atoms with van der Waals surface area (Å²) in [7, 11) is -3.33. The highest BCUT2D eigenvalue weighted by Gasteiger charge is 2.21. The van der Waals surface area contributed by atoms with Crippen molar-refractivity contribution < 1.29 is 8.42 Å². The third-order valence-corrected chi connectivity index (χ3v) is 4.87. The number of piperidine rings is 1. The van der Waals surface area contributed by atoms with Gasteiger partial charge in [0.2, 0.25) is 10.0 Å². The fraction of sp³-hybridized carbons (Fsp3) is 0.545. The highest BCUT2D eigenvalue weighted by atomic mass is 79.9. The minimum atomic E-state index is -3.33. The molecule has 2 rings (SSSR count). The zero-order valence-corrected chi connectivity index (χ0v) is 12.3. The van der Waals surface area contributed by atoms with Crippen LogP contribution >= 0.6 is 15.9 Å². The Labute approximate surface area is 116 Å². The monoisotopic (exact) mass is 333 g/mol. The van der Waals surface area contributed by atoms with Crippen molar-refractivity contribution >= 4 is 31.6 Å². The van der Waals surface area contributed by atoms with Crippen LogP contribution in [0.5, 0.6) is 0 Å². The Kier molecular flexibility index (Phi) is 4.58. The first-order valence-corrected chi connectivity index (χ1v) is 8.35. The molecule has 18 heavy (non-hydrogen) atoms. The first kappa shape index (κ1) is 13.8. The van der Waals surface area contributed by atoms with Gasteiger partial charge in [0.15, 0.2) is 0 Å². The molecule has 1 aromatic rings. The van der Waals surface area contributed by atoms with Crippen molar-refractivity contribution in [2.75, 3.05) is 17.0 Å². The van der Waals surface area contributed by atoms with E-state index in [1.807, 2.05) is 0 Å². The number of nitrogens with zero attached hydrogens (tertiary/aromatic N) is 1. The summed E-state index contributed by atoms with van der Waals surface area (Å²) in [6.07, 6.45) is 6.25. The average molecular weight is 334 g/mol. The van der Waals surface area contributed by atoms with Crippen molar-refractivity contribution in [1.82, 2.24) is 10.3 Å². The summed E-state index contributed by atoms with van der Waals surface area (Å²) in [5, 5.41) is 3.23. The van der Waals surface area contributed by atoms with Crippen LogP contribution < -0.4 is 10.0 Å². The van der Waals surface area contributed by atoms with Crippen LogP contribution in [0.4, 0.5) is 5.69 Å². The van der Waals surface area contributed by atoms with Gasteiger partial charge in [0.05, 0.1) is 15.9 Å². The van der Waals surface area contributed by atoms with E-state index in [9.17, 15) is 8.42 Å². The predicted octanol–water partition coefficient (Wildman–Crippen LogP) is 1.73. The summed E-state index contributed by atoms with van der Waals surface area (Å²) in [5.74, 6) is 0.113. The van der Waals surface area contributed by atoms with Gasteiger partial charge in [-0.15, -0.1) is 0 Å². The van der Waals surface area contributed by atoms with Crippen LogP contribution in [0.1, 0.15) is 19.3 Å². The molecule has 0 radical (unpaired) electrons. The highest BCUT2D eigenvalue weighted by Crippen LogP contribution is 2.21. The number of anilines is 1. The van der Waals surface area contributed by atoms with Gasteiger partial charge in [0, 0.05) is 18.4 Å². The number of hydrogen-bond donors (Lipinski definition) is 2. The average Bonchev–Trinajstić information content (AvgIpc) is 2.32. The van der Waals surface area contributed by atoms with Crippen LogP contribution in [-0.2, 0) is 10.0 Å². The summed E-state index contributed by atoms with van der Waals surface area (Å²) >= 11 is 3.27. The summed E-state index contributed by atoms with van der Waals surface area (Å²) in [6, 6.07) is 1.69. The summed E-state index contributed by atoms with van der Waals surface area (Å²) in [5.41, 5.74) is 0.529. The van der Waals surface area contributed by atoms with Gasteiger partial charge in [-0.05, 0) is 41.4 Å². The maximum atomic E-state index is 12.0. The molecule has 1 aromatic heterocycles. The molecule has 0 aliphatic carbocycles. The third-order valence-electron chi connectivity index (χ3n) is 2.87. The van der Waals surface area contributed by atoms with E-state index in [2.05, 4.69) is 31.0 Å². The maximum absolute atomic E-state index is 12.0. The second-order valence-electron chi connectivity index (χ2n) is 4.39. The molecule has 0 amide bonds. The lowest BCUT2D eigenvalue weighted by molar-refractivity contribution is 0.424. The van der Waals surface area contributed by atoms with Crippen LogP contribution in [0.2, 0.25) is 0 Å². The molecule has 1 atom stereocenters. The highest BCUT2D eigenvalue weighted by molar-refractivity contribution is 9.10. The second kappa shape index (κ2) is 5.99. The molecular weight excluding hydrogens is 318 g/mol. The third kappa shape index (κ3) is 3.93. The zero-order valence-electron chi connectivity index (χ0n) is 9.89. The number of nitrogens with one attached hydrogen (secondary N) is 2. The van der Waals surface area contributed by atoms with E-state index < -0.39 is 10.0 Å². The molecule has 5 nitrogen and oxygen atoms in total. The molecule has 1 unspecified atom stereocenters. The first-order valence-electron chi connectivity index (χ1n) is 5.90. The van der Waals surface area contributed by atoms with Crippen LogP contribution in [0.25, 0.3) is 0 Å². The van der Waals surface area contributed by atoms with Crippen molar-refractivity contribution in [3.63, 3.8) is 0 Å². The quantitative estimate of drug-likeness (QED) is 0.880. The predicted molar refractivity (Wildman–Crippen MR) is 75.0 cm³/mol. The lowest BCUT2D eigenvalue weighted by Crippen LogP contribution is -2.40. The molecule has 1 aliphatic rings. The van der Waals surface area contributed by atoms with Crippen LogP contribution in [-0.4, -0.2) is 31.7 Å². The Morgan fingerprint density at radius 1 is 1.50 bits per heavy atom. The zero-order chi connectivity index (χ0) is 13.0. The number of rotatable bonds is 4. The normalized spacial score (nSPS) is 20.6. The topological polar surface area (TPSA) is 71.1 Å². The molecule has 0 saturated carbocycles. The molecule has 7 heteroatoms. The molecule has 0 aromatic carbocycles. The fourth-order valence-corrected chi connectivity index (χ4v) is 3.89. The Balaban J connectivity index is 2.01. The SMILES string of the molecule is O=S(=O)(CC1CCCCN1)Nc1ccncc1Br. The number of sulfonamides is 1. The molecule has 2 N–H and O–H groups in total. The van der Waals surface area contributed by atoms with E-state index in [-0.39, 0.29) is 11.8 Å². The van der Waals surface area contributed by atoms with Crippen molar-refractivity contribution in [3.8, 4) is 0 Å². The maximum Gasteiger partial charge on any atom is 0.234 e. The summed E-state index contributed by atoms with van der Waals surface area (Å²) < 4.78 is 27.3. The summed E-state index contributed by atoms with van der Waals surface area (Å²) in [6.45, 7) is 0.902. The number of hydrogen-bond acceptors (Lipinski definition) is 4. The molecule has 2 heterocycles. The Hall–Kier alpha value is -0.660. The number of halogens is 1. The van der Waals surface area contributed by atoms with Gasteiger partial charge >= 0.3 is 0 Å². The van der Waals surface area contributed by atoms with Crippen molar-refractivity contribution in [2.45, 2.75) is 25.3 Å². The number of pyridine rings is 1. The Morgan fingerprint density at radius 2 is 2.33 bits per heavy atom. The Morgan fingerprint density at radius 3 is 3.00 bits per heavy atom. The minimum absolute atomic E-state index is 0.0527. The van der Waals surface area contributed by atoms with Crippen molar-refractivity contribution in [3.05, 3.63) is 22.9 Å². The summed E-state index contributed by atoms with van der Waals surface area (Å²) in [4.78, 5) is 3.90. The van der Waals surface area contributed by atoms with Gasteiger partial charge < -0.3 is 5.32 Å². The molecule has 1 fully saturated rings. The second-order valence-corrected chi connectivity index (χ2v) is 7.01. The standard InChI is InChI=1S/C11H16BrN3O2S/c12-10-7-13-6-4-11(10)15-18(16,17)8-9-3-1-2-5-14-9/h4,6-7,9,14H,1-3,5,8H2,(H,13,15). The fourth-order valence-electron chi connectivity index (χ4n) is 2.00. The number of aromatic nitrogens is 1. The van der Waals surface area contributed by atoms with Crippen LogP contribution in [0.3, 0.4) is 0 Å². The van der Waals surface area contributed by atoms with E-state index in [0.29, 0.717) is 10.2 Å².